The second-order valence-corrected chi connectivity index (χ2v) is 3.90. The van der Waals surface area contributed by atoms with E-state index in [-0.39, 0.29) is 17.2 Å². The summed E-state index contributed by atoms with van der Waals surface area (Å²) in [6.07, 6.45) is 5.94. The van der Waals surface area contributed by atoms with Gasteiger partial charge in [-0.15, -0.1) is 0 Å². The number of pyridine rings is 1. The molecule has 1 N–H and O–H groups in total. The number of aromatic nitrogens is 1. The Bertz CT molecular complexity index is 430. The summed E-state index contributed by atoms with van der Waals surface area (Å²) >= 11 is 0. The van der Waals surface area contributed by atoms with E-state index in [1.54, 1.807) is 10.8 Å². The summed E-state index contributed by atoms with van der Waals surface area (Å²) in [7, 11) is 0. The third-order valence-corrected chi connectivity index (χ3v) is 2.91. The monoisotopic (exact) mass is 207 g/mol. The predicted molar refractivity (Wildman–Crippen MR) is 55.2 cm³/mol. The molecule has 0 radical (unpaired) electrons. The molecular formula is C11H13NO3. The molecule has 0 aliphatic heterocycles. The highest BCUT2D eigenvalue weighted by Gasteiger charge is 2.18. The minimum atomic E-state index is -1.05. The van der Waals surface area contributed by atoms with E-state index in [0.717, 1.165) is 25.7 Å². The Morgan fingerprint density at radius 2 is 2.07 bits per heavy atom. The second kappa shape index (κ2) is 3.88. The third kappa shape index (κ3) is 1.93. The van der Waals surface area contributed by atoms with Crippen LogP contribution in [0.25, 0.3) is 0 Å². The second-order valence-electron chi connectivity index (χ2n) is 3.90. The molecule has 80 valence electrons. The molecule has 4 nitrogen and oxygen atoms in total. The Morgan fingerprint density at radius 1 is 1.40 bits per heavy atom. The molecule has 0 atom stereocenters. The molecule has 0 amide bonds. The van der Waals surface area contributed by atoms with Gasteiger partial charge in [-0.25, -0.2) is 4.79 Å². The summed E-state index contributed by atoms with van der Waals surface area (Å²) in [6.45, 7) is 0. The van der Waals surface area contributed by atoms with Crippen LogP contribution in [0.1, 0.15) is 42.1 Å². The minimum Gasteiger partial charge on any atom is -0.478 e. The molecule has 4 heteroatoms. The largest absolute Gasteiger partial charge is 0.478 e. The average molecular weight is 207 g/mol. The van der Waals surface area contributed by atoms with Crippen LogP contribution in [0.3, 0.4) is 0 Å². The lowest BCUT2D eigenvalue weighted by Crippen LogP contribution is -2.23. The van der Waals surface area contributed by atoms with Gasteiger partial charge in [0.1, 0.15) is 0 Å². The van der Waals surface area contributed by atoms with Crippen LogP contribution in [-0.2, 0) is 0 Å². The third-order valence-electron chi connectivity index (χ3n) is 2.91. The average Bonchev–Trinajstić information content (AvgIpc) is 2.70. The van der Waals surface area contributed by atoms with Crippen molar-refractivity contribution >= 4 is 5.97 Å². The van der Waals surface area contributed by atoms with Gasteiger partial charge in [0.05, 0.1) is 5.56 Å². The molecule has 1 aliphatic carbocycles. The standard InChI is InChI=1S/C11H13NO3/c13-10-7-8(11(14)15)5-6-12(10)9-3-1-2-4-9/h5-7,9H,1-4H2,(H,14,15). The molecular weight excluding hydrogens is 194 g/mol. The molecule has 0 saturated heterocycles. The molecule has 1 fully saturated rings. The molecule has 0 bridgehead atoms. The smallest absolute Gasteiger partial charge is 0.335 e. The van der Waals surface area contributed by atoms with Crippen LogP contribution >= 0.6 is 0 Å². The first kappa shape index (κ1) is 9.96. The summed E-state index contributed by atoms with van der Waals surface area (Å²) in [5.41, 5.74) is -0.143. The zero-order valence-corrected chi connectivity index (χ0v) is 8.35. The van der Waals surface area contributed by atoms with Gasteiger partial charge in [0.25, 0.3) is 5.56 Å². The minimum absolute atomic E-state index is 0.0641. The van der Waals surface area contributed by atoms with Crippen molar-refractivity contribution in [1.29, 1.82) is 0 Å². The fourth-order valence-electron chi connectivity index (χ4n) is 2.11. The lowest BCUT2D eigenvalue weighted by atomic mass is 10.2. The fraction of sp³-hybridized carbons (Fsp3) is 0.455. The molecule has 1 aromatic rings. The van der Waals surface area contributed by atoms with Gasteiger partial charge in [-0.05, 0) is 18.9 Å². The summed E-state index contributed by atoms with van der Waals surface area (Å²) in [6, 6.07) is 2.95. The van der Waals surface area contributed by atoms with Gasteiger partial charge in [0.15, 0.2) is 0 Å². The molecule has 1 heterocycles. The van der Waals surface area contributed by atoms with Crippen LogP contribution in [0.2, 0.25) is 0 Å². The van der Waals surface area contributed by atoms with Crippen LogP contribution in [0.15, 0.2) is 23.1 Å². The number of hydrogen-bond acceptors (Lipinski definition) is 2. The van der Waals surface area contributed by atoms with E-state index in [9.17, 15) is 9.59 Å². The van der Waals surface area contributed by atoms with Crippen molar-refractivity contribution in [1.82, 2.24) is 4.57 Å². The summed E-state index contributed by atoms with van der Waals surface area (Å²) in [4.78, 5) is 22.3. The van der Waals surface area contributed by atoms with Crippen molar-refractivity contribution in [2.24, 2.45) is 0 Å². The Morgan fingerprint density at radius 3 is 2.60 bits per heavy atom. The van der Waals surface area contributed by atoms with Crippen LogP contribution < -0.4 is 5.56 Å². The fourth-order valence-corrected chi connectivity index (χ4v) is 2.11. The van der Waals surface area contributed by atoms with Crippen molar-refractivity contribution in [2.45, 2.75) is 31.7 Å². The van der Waals surface area contributed by atoms with Crippen LogP contribution in [-0.4, -0.2) is 15.6 Å². The van der Waals surface area contributed by atoms with E-state index in [1.807, 2.05) is 0 Å². The summed E-state index contributed by atoms with van der Waals surface area (Å²) in [5.74, 6) is -1.05. The normalized spacial score (nSPS) is 16.8. The molecule has 0 spiro atoms. The first-order valence-electron chi connectivity index (χ1n) is 5.14. The number of hydrogen-bond donors (Lipinski definition) is 1. The number of carbonyl (C=O) groups is 1. The molecule has 0 aromatic carbocycles. The molecule has 1 aromatic heterocycles. The highest BCUT2D eigenvalue weighted by Crippen LogP contribution is 2.27. The number of aromatic carboxylic acids is 1. The first-order valence-corrected chi connectivity index (χ1v) is 5.14. The Labute approximate surface area is 87.2 Å². The number of nitrogens with zero attached hydrogens (tertiary/aromatic N) is 1. The van der Waals surface area contributed by atoms with E-state index in [4.69, 9.17) is 5.11 Å². The maximum Gasteiger partial charge on any atom is 0.335 e. The van der Waals surface area contributed by atoms with Gasteiger partial charge >= 0.3 is 5.97 Å². The van der Waals surface area contributed by atoms with Crippen LogP contribution in [0, 0.1) is 0 Å². The highest BCUT2D eigenvalue weighted by molar-refractivity contribution is 5.87. The van der Waals surface area contributed by atoms with Crippen LogP contribution in [0.4, 0.5) is 0 Å². The number of carboxylic acid groups (broad SMARTS) is 1. The maximum atomic E-state index is 11.6. The van der Waals surface area contributed by atoms with E-state index in [1.165, 1.54) is 12.1 Å². The summed E-state index contributed by atoms with van der Waals surface area (Å²) < 4.78 is 1.65. The topological polar surface area (TPSA) is 59.3 Å². The van der Waals surface area contributed by atoms with Gasteiger partial charge in [0, 0.05) is 18.3 Å². The highest BCUT2D eigenvalue weighted by atomic mass is 16.4. The van der Waals surface area contributed by atoms with Gasteiger partial charge in [0.2, 0.25) is 0 Å². The van der Waals surface area contributed by atoms with Crippen molar-refractivity contribution in [3.63, 3.8) is 0 Å². The zero-order chi connectivity index (χ0) is 10.8. The van der Waals surface area contributed by atoms with Gasteiger partial charge in [-0.3, -0.25) is 4.79 Å². The quantitative estimate of drug-likeness (QED) is 0.802. The lowest BCUT2D eigenvalue weighted by Gasteiger charge is -2.12. The van der Waals surface area contributed by atoms with Gasteiger partial charge in [-0.1, -0.05) is 12.8 Å². The SMILES string of the molecule is O=C(O)c1ccn(C2CCCC2)c(=O)c1. The Hall–Kier alpha value is -1.58. The molecule has 0 unspecified atom stereocenters. The van der Waals surface area contributed by atoms with E-state index < -0.39 is 5.97 Å². The first-order chi connectivity index (χ1) is 7.18. The lowest BCUT2D eigenvalue weighted by molar-refractivity contribution is 0.0696. The van der Waals surface area contributed by atoms with E-state index in [2.05, 4.69) is 0 Å². The Balaban J connectivity index is 2.34. The van der Waals surface area contributed by atoms with E-state index >= 15 is 0 Å². The van der Waals surface area contributed by atoms with Crippen molar-refractivity contribution in [2.75, 3.05) is 0 Å². The van der Waals surface area contributed by atoms with Crippen molar-refractivity contribution in [3.8, 4) is 0 Å². The summed E-state index contributed by atoms with van der Waals surface area (Å²) in [5, 5.41) is 8.72. The van der Waals surface area contributed by atoms with E-state index in [0.29, 0.717) is 0 Å². The van der Waals surface area contributed by atoms with Gasteiger partial charge < -0.3 is 9.67 Å². The zero-order valence-electron chi connectivity index (χ0n) is 8.35. The van der Waals surface area contributed by atoms with Crippen molar-refractivity contribution in [3.05, 3.63) is 34.2 Å². The molecule has 15 heavy (non-hydrogen) atoms. The Kier molecular flexibility index (Phi) is 2.58. The maximum absolute atomic E-state index is 11.6. The molecule has 1 saturated carbocycles. The number of rotatable bonds is 2. The molecule has 1 aliphatic rings. The molecule has 2 rings (SSSR count). The van der Waals surface area contributed by atoms with Crippen LogP contribution in [0.5, 0.6) is 0 Å². The van der Waals surface area contributed by atoms with Gasteiger partial charge in [-0.2, -0.15) is 0 Å². The number of carboxylic acids is 1. The predicted octanol–water partition coefficient (Wildman–Crippen LogP) is 1.66. The van der Waals surface area contributed by atoms with Crippen molar-refractivity contribution < 1.29 is 9.90 Å².